The molecule has 15 heavy (non-hydrogen) atoms. The van der Waals surface area contributed by atoms with Gasteiger partial charge in [-0.3, -0.25) is 0 Å². The first-order chi connectivity index (χ1) is 7.01. The lowest BCUT2D eigenvalue weighted by Gasteiger charge is -2.25. The van der Waals surface area contributed by atoms with Gasteiger partial charge in [0.25, 0.3) is 0 Å². The van der Waals surface area contributed by atoms with Crippen molar-refractivity contribution >= 4 is 0 Å². The second-order valence-electron chi connectivity index (χ2n) is 5.10. The predicted octanol–water partition coefficient (Wildman–Crippen LogP) is 1.30. The molecule has 0 amide bonds. The van der Waals surface area contributed by atoms with E-state index in [0.29, 0.717) is 0 Å². The predicted molar refractivity (Wildman–Crippen MR) is 60.4 cm³/mol. The Bertz CT molecular complexity index is 264. The van der Waals surface area contributed by atoms with Gasteiger partial charge in [-0.05, 0) is 11.8 Å². The van der Waals surface area contributed by atoms with E-state index in [0.717, 1.165) is 18.7 Å². The summed E-state index contributed by atoms with van der Waals surface area (Å²) in [6.07, 6.45) is 4.41. The summed E-state index contributed by atoms with van der Waals surface area (Å²) < 4.78 is 0. The van der Waals surface area contributed by atoms with E-state index in [9.17, 15) is 5.11 Å². The Morgan fingerprint density at radius 1 is 1.53 bits per heavy atom. The molecule has 0 saturated heterocycles. The molecule has 0 aliphatic carbocycles. The maximum Gasteiger partial charge on any atom is 0.0922 e. The highest BCUT2D eigenvalue weighted by molar-refractivity contribution is 4.94. The number of H-pyrrole nitrogens is 1. The molecule has 1 atom stereocenters. The van der Waals surface area contributed by atoms with Crippen molar-refractivity contribution in [2.75, 3.05) is 6.61 Å². The summed E-state index contributed by atoms with van der Waals surface area (Å²) in [5.41, 5.74) is 1.27. The number of imidazole rings is 1. The van der Waals surface area contributed by atoms with Gasteiger partial charge < -0.3 is 15.4 Å². The molecular formula is C11H21N3O. The van der Waals surface area contributed by atoms with Crippen LogP contribution >= 0.6 is 0 Å². The number of aromatic nitrogens is 2. The average molecular weight is 211 g/mol. The molecule has 0 spiro atoms. The third-order valence-electron chi connectivity index (χ3n) is 2.22. The molecule has 1 rings (SSSR count). The van der Waals surface area contributed by atoms with Crippen LogP contribution in [0.2, 0.25) is 0 Å². The molecule has 0 fully saturated rings. The Hall–Kier alpha value is -0.870. The first-order valence-electron chi connectivity index (χ1n) is 5.33. The second kappa shape index (κ2) is 5.28. The number of nitrogens with zero attached hydrogens (tertiary/aromatic N) is 1. The average Bonchev–Trinajstić information content (AvgIpc) is 2.62. The third kappa shape index (κ3) is 4.95. The van der Waals surface area contributed by atoms with Crippen molar-refractivity contribution in [1.29, 1.82) is 0 Å². The largest absolute Gasteiger partial charge is 0.395 e. The third-order valence-corrected chi connectivity index (χ3v) is 2.22. The van der Waals surface area contributed by atoms with Crippen LogP contribution in [0.25, 0.3) is 0 Å². The Labute approximate surface area is 91.1 Å². The van der Waals surface area contributed by atoms with E-state index in [1.165, 1.54) is 0 Å². The number of rotatable bonds is 5. The molecule has 0 radical (unpaired) electrons. The standard InChI is InChI=1S/C11H21N3O/c1-11(2,3)4-9(7-15)13-6-10-5-12-8-14-10/h5,8-9,13,15H,4,6-7H2,1-3H3,(H,12,14). The molecule has 1 heterocycles. The fourth-order valence-corrected chi connectivity index (χ4v) is 1.58. The molecule has 0 aliphatic rings. The second-order valence-corrected chi connectivity index (χ2v) is 5.10. The number of hydrogen-bond acceptors (Lipinski definition) is 3. The summed E-state index contributed by atoms with van der Waals surface area (Å²) >= 11 is 0. The van der Waals surface area contributed by atoms with Crippen molar-refractivity contribution in [3.63, 3.8) is 0 Å². The van der Waals surface area contributed by atoms with Crippen LogP contribution in [0.4, 0.5) is 0 Å². The molecular weight excluding hydrogens is 190 g/mol. The molecule has 0 aromatic carbocycles. The Balaban J connectivity index is 2.34. The van der Waals surface area contributed by atoms with Gasteiger partial charge in [0.2, 0.25) is 0 Å². The van der Waals surface area contributed by atoms with Gasteiger partial charge in [-0.25, -0.2) is 4.98 Å². The Morgan fingerprint density at radius 2 is 2.27 bits per heavy atom. The topological polar surface area (TPSA) is 60.9 Å². The van der Waals surface area contributed by atoms with Crippen LogP contribution in [0.3, 0.4) is 0 Å². The quantitative estimate of drug-likeness (QED) is 0.688. The maximum absolute atomic E-state index is 9.23. The van der Waals surface area contributed by atoms with Crippen molar-refractivity contribution in [2.24, 2.45) is 5.41 Å². The van der Waals surface area contributed by atoms with E-state index in [1.54, 1.807) is 12.5 Å². The zero-order valence-corrected chi connectivity index (χ0v) is 9.75. The van der Waals surface area contributed by atoms with Crippen molar-refractivity contribution < 1.29 is 5.11 Å². The molecule has 4 nitrogen and oxygen atoms in total. The van der Waals surface area contributed by atoms with Crippen LogP contribution in [-0.2, 0) is 6.54 Å². The highest BCUT2D eigenvalue weighted by atomic mass is 16.3. The van der Waals surface area contributed by atoms with Gasteiger partial charge in [-0.15, -0.1) is 0 Å². The lowest BCUT2D eigenvalue weighted by atomic mass is 9.88. The maximum atomic E-state index is 9.23. The van der Waals surface area contributed by atoms with Crippen molar-refractivity contribution in [3.05, 3.63) is 18.2 Å². The number of aliphatic hydroxyl groups is 1. The summed E-state index contributed by atoms with van der Waals surface area (Å²) in [6.45, 7) is 7.42. The summed E-state index contributed by atoms with van der Waals surface area (Å²) in [4.78, 5) is 6.97. The lowest BCUT2D eigenvalue weighted by Crippen LogP contribution is -2.35. The highest BCUT2D eigenvalue weighted by Crippen LogP contribution is 2.20. The van der Waals surface area contributed by atoms with Crippen LogP contribution in [0.1, 0.15) is 32.9 Å². The van der Waals surface area contributed by atoms with E-state index in [4.69, 9.17) is 0 Å². The Kier molecular flexibility index (Phi) is 4.29. The summed E-state index contributed by atoms with van der Waals surface area (Å²) in [5.74, 6) is 0. The summed E-state index contributed by atoms with van der Waals surface area (Å²) in [7, 11) is 0. The number of nitrogens with one attached hydrogen (secondary N) is 2. The minimum atomic E-state index is 0.147. The molecule has 0 aliphatic heterocycles. The van der Waals surface area contributed by atoms with Gasteiger partial charge in [-0.1, -0.05) is 20.8 Å². The highest BCUT2D eigenvalue weighted by Gasteiger charge is 2.17. The van der Waals surface area contributed by atoms with Gasteiger partial charge >= 0.3 is 0 Å². The van der Waals surface area contributed by atoms with Crippen LogP contribution in [-0.4, -0.2) is 27.7 Å². The molecule has 0 bridgehead atoms. The van der Waals surface area contributed by atoms with Crippen molar-refractivity contribution in [1.82, 2.24) is 15.3 Å². The SMILES string of the molecule is CC(C)(C)CC(CO)NCc1cnc[nH]1. The first-order valence-corrected chi connectivity index (χ1v) is 5.33. The van der Waals surface area contributed by atoms with Gasteiger partial charge in [0.1, 0.15) is 0 Å². The molecule has 3 N–H and O–H groups in total. The van der Waals surface area contributed by atoms with Crippen molar-refractivity contribution in [2.45, 2.75) is 39.8 Å². The number of hydrogen-bond donors (Lipinski definition) is 3. The van der Waals surface area contributed by atoms with Gasteiger partial charge in [0, 0.05) is 24.5 Å². The normalized spacial score (nSPS) is 14.1. The minimum Gasteiger partial charge on any atom is -0.395 e. The fraction of sp³-hybridized carbons (Fsp3) is 0.727. The minimum absolute atomic E-state index is 0.147. The molecule has 1 unspecified atom stereocenters. The molecule has 1 aromatic rings. The van der Waals surface area contributed by atoms with Crippen LogP contribution in [0.15, 0.2) is 12.5 Å². The molecule has 86 valence electrons. The Morgan fingerprint density at radius 3 is 2.73 bits per heavy atom. The van der Waals surface area contributed by atoms with Crippen molar-refractivity contribution in [3.8, 4) is 0 Å². The molecule has 0 saturated carbocycles. The zero-order valence-electron chi connectivity index (χ0n) is 9.75. The van der Waals surface area contributed by atoms with Crippen LogP contribution in [0.5, 0.6) is 0 Å². The molecule has 1 aromatic heterocycles. The van der Waals surface area contributed by atoms with Gasteiger partial charge in [-0.2, -0.15) is 0 Å². The zero-order chi connectivity index (χ0) is 11.3. The van der Waals surface area contributed by atoms with Crippen LogP contribution < -0.4 is 5.32 Å². The van der Waals surface area contributed by atoms with Gasteiger partial charge in [0.05, 0.1) is 12.9 Å². The first kappa shape index (κ1) is 12.2. The van der Waals surface area contributed by atoms with E-state index in [1.807, 2.05) is 0 Å². The smallest absolute Gasteiger partial charge is 0.0922 e. The van der Waals surface area contributed by atoms with E-state index < -0.39 is 0 Å². The van der Waals surface area contributed by atoms with Crippen LogP contribution in [0, 0.1) is 5.41 Å². The molecule has 4 heteroatoms. The number of aliphatic hydroxyl groups excluding tert-OH is 1. The fourth-order valence-electron chi connectivity index (χ4n) is 1.58. The lowest BCUT2D eigenvalue weighted by molar-refractivity contribution is 0.197. The van der Waals surface area contributed by atoms with E-state index in [-0.39, 0.29) is 18.1 Å². The number of aromatic amines is 1. The van der Waals surface area contributed by atoms with E-state index >= 15 is 0 Å². The summed E-state index contributed by atoms with van der Waals surface area (Å²) in [5, 5.41) is 12.5. The van der Waals surface area contributed by atoms with E-state index in [2.05, 4.69) is 36.1 Å². The summed E-state index contributed by atoms with van der Waals surface area (Å²) in [6, 6.07) is 0.147. The van der Waals surface area contributed by atoms with Gasteiger partial charge in [0.15, 0.2) is 0 Å². The monoisotopic (exact) mass is 211 g/mol.